The van der Waals surface area contributed by atoms with Gasteiger partial charge in [0.2, 0.25) is 0 Å². The van der Waals surface area contributed by atoms with Crippen LogP contribution in [0.5, 0.6) is 0 Å². The molecule has 0 amide bonds. The molecule has 1 unspecified atom stereocenters. The Kier molecular flexibility index (Phi) is 13.2. The highest BCUT2D eigenvalue weighted by Crippen LogP contribution is 2.39. The predicted octanol–water partition coefficient (Wildman–Crippen LogP) is 11.1. The van der Waals surface area contributed by atoms with E-state index in [2.05, 4.69) is 56.3 Å². The minimum Gasteiger partial charge on any atom is -0.0802 e. The van der Waals surface area contributed by atoms with E-state index in [0.717, 1.165) is 17.8 Å². The van der Waals surface area contributed by atoms with E-state index in [1.165, 1.54) is 139 Å². The van der Waals surface area contributed by atoms with Gasteiger partial charge in [0, 0.05) is 0 Å². The van der Waals surface area contributed by atoms with Crippen molar-refractivity contribution in [3.63, 3.8) is 0 Å². The molecular weight excluding hydrogens is 408 g/mol. The lowest BCUT2D eigenvalue weighted by Gasteiger charge is -2.33. The van der Waals surface area contributed by atoms with Gasteiger partial charge in [-0.25, -0.2) is 0 Å². The molecule has 0 heterocycles. The summed E-state index contributed by atoms with van der Waals surface area (Å²) in [6, 6.07) is 9.47. The first-order chi connectivity index (χ1) is 16.8. The van der Waals surface area contributed by atoms with Gasteiger partial charge in [-0.2, -0.15) is 0 Å². The minimum absolute atomic E-state index is 0.783. The molecule has 1 aromatic carbocycles. The van der Waals surface area contributed by atoms with Crippen molar-refractivity contribution in [2.75, 3.05) is 0 Å². The summed E-state index contributed by atoms with van der Waals surface area (Å²) in [6.45, 7) is 4.61. The average molecular weight is 463 g/mol. The zero-order valence-corrected chi connectivity index (χ0v) is 22.7. The molecule has 0 radical (unpaired) electrons. The van der Waals surface area contributed by atoms with Gasteiger partial charge in [-0.1, -0.05) is 146 Å². The Balaban J connectivity index is 1.32. The molecule has 0 aromatic heterocycles. The average Bonchev–Trinajstić information content (AvgIpc) is 2.89. The monoisotopic (exact) mass is 462 g/mol. The van der Waals surface area contributed by atoms with Gasteiger partial charge in [0.15, 0.2) is 0 Å². The summed E-state index contributed by atoms with van der Waals surface area (Å²) in [5, 5.41) is 0. The van der Waals surface area contributed by atoms with Crippen molar-refractivity contribution in [1.82, 2.24) is 0 Å². The van der Waals surface area contributed by atoms with Crippen molar-refractivity contribution in [2.45, 2.75) is 136 Å². The lowest BCUT2D eigenvalue weighted by Crippen LogP contribution is -2.21. The van der Waals surface area contributed by atoms with E-state index in [-0.39, 0.29) is 0 Å². The van der Waals surface area contributed by atoms with Crippen LogP contribution in [-0.2, 0) is 6.42 Å². The fraction of sp³-hybridized carbons (Fsp3) is 0.706. The summed E-state index contributed by atoms with van der Waals surface area (Å²) in [5.41, 5.74) is 4.36. The Morgan fingerprint density at radius 1 is 0.676 bits per heavy atom. The standard InChI is InChI=1S/C34H54/c1-3-5-7-9-10-11-12-14-16-30-19-23-32(24-20-30)34-27-25-33(26-28-34)31-21-17-29(18-22-31)15-13-8-6-4-2/h19-20,23-25,27-29,31,33H,3-18,21-22,26H2,1-2H3/t29-,31-,33?. The van der Waals surface area contributed by atoms with Crippen LogP contribution in [0.1, 0.15) is 141 Å². The maximum atomic E-state index is 2.55. The summed E-state index contributed by atoms with van der Waals surface area (Å²) in [4.78, 5) is 0. The highest BCUT2D eigenvalue weighted by molar-refractivity contribution is 5.75. The van der Waals surface area contributed by atoms with Gasteiger partial charge in [0.1, 0.15) is 0 Å². The van der Waals surface area contributed by atoms with E-state index >= 15 is 0 Å². The fourth-order valence-electron chi connectivity index (χ4n) is 6.29. The molecule has 1 atom stereocenters. The molecule has 1 aromatic rings. The van der Waals surface area contributed by atoms with E-state index in [1.807, 2.05) is 0 Å². The third-order valence-electron chi connectivity index (χ3n) is 8.70. The van der Waals surface area contributed by atoms with Gasteiger partial charge in [-0.05, 0) is 66.6 Å². The maximum absolute atomic E-state index is 2.55. The van der Waals surface area contributed by atoms with E-state index < -0.39 is 0 Å². The molecular formula is C34H54. The zero-order valence-electron chi connectivity index (χ0n) is 22.7. The number of aryl methyl sites for hydroxylation is 1. The Labute approximate surface area is 212 Å². The molecule has 2 aliphatic carbocycles. The van der Waals surface area contributed by atoms with Crippen molar-refractivity contribution in [2.24, 2.45) is 17.8 Å². The van der Waals surface area contributed by atoms with Gasteiger partial charge in [0.25, 0.3) is 0 Å². The van der Waals surface area contributed by atoms with E-state index in [0.29, 0.717) is 0 Å². The van der Waals surface area contributed by atoms with Gasteiger partial charge in [-0.3, -0.25) is 0 Å². The first kappa shape index (κ1) is 27.3. The van der Waals surface area contributed by atoms with Crippen LogP contribution in [0.15, 0.2) is 42.5 Å². The Hall–Kier alpha value is -1.30. The highest BCUT2D eigenvalue weighted by Gasteiger charge is 2.26. The zero-order chi connectivity index (χ0) is 23.8. The first-order valence-electron chi connectivity index (χ1n) is 15.3. The molecule has 0 spiro atoms. The molecule has 2 aliphatic rings. The molecule has 0 bridgehead atoms. The minimum atomic E-state index is 0.783. The summed E-state index contributed by atoms with van der Waals surface area (Å²) in [6.07, 6.45) is 34.3. The van der Waals surface area contributed by atoms with Crippen LogP contribution in [0.25, 0.3) is 5.57 Å². The largest absolute Gasteiger partial charge is 0.0802 e. The van der Waals surface area contributed by atoms with Gasteiger partial charge >= 0.3 is 0 Å². The Morgan fingerprint density at radius 3 is 1.91 bits per heavy atom. The number of hydrogen-bond donors (Lipinski definition) is 0. The van der Waals surface area contributed by atoms with Crippen LogP contribution >= 0.6 is 0 Å². The predicted molar refractivity (Wildman–Crippen MR) is 152 cm³/mol. The molecule has 0 nitrogen and oxygen atoms in total. The van der Waals surface area contributed by atoms with Crippen LogP contribution in [0.4, 0.5) is 0 Å². The fourth-order valence-corrected chi connectivity index (χ4v) is 6.29. The van der Waals surface area contributed by atoms with E-state index in [4.69, 9.17) is 0 Å². The summed E-state index contributed by atoms with van der Waals surface area (Å²) in [7, 11) is 0. The Morgan fingerprint density at radius 2 is 1.29 bits per heavy atom. The van der Waals surface area contributed by atoms with E-state index in [1.54, 1.807) is 0 Å². The number of unbranched alkanes of at least 4 members (excludes halogenated alkanes) is 10. The normalized spacial score (nSPS) is 22.6. The molecule has 1 saturated carbocycles. The van der Waals surface area contributed by atoms with Gasteiger partial charge < -0.3 is 0 Å². The smallest absolute Gasteiger partial charge is 0.0167 e. The molecule has 34 heavy (non-hydrogen) atoms. The van der Waals surface area contributed by atoms with Crippen LogP contribution in [0, 0.1) is 17.8 Å². The second kappa shape index (κ2) is 16.4. The van der Waals surface area contributed by atoms with Crippen molar-refractivity contribution in [3.05, 3.63) is 53.6 Å². The number of rotatable bonds is 16. The molecule has 1 fully saturated rings. The van der Waals surface area contributed by atoms with Crippen LogP contribution in [0.3, 0.4) is 0 Å². The molecule has 3 rings (SSSR count). The highest BCUT2D eigenvalue weighted by atomic mass is 14.3. The van der Waals surface area contributed by atoms with Crippen molar-refractivity contribution in [3.8, 4) is 0 Å². The Bertz CT molecular complexity index is 698. The van der Waals surface area contributed by atoms with Crippen LogP contribution in [0.2, 0.25) is 0 Å². The molecule has 0 N–H and O–H groups in total. The van der Waals surface area contributed by atoms with E-state index in [9.17, 15) is 0 Å². The number of benzene rings is 1. The second-order valence-electron chi connectivity index (χ2n) is 11.5. The molecule has 190 valence electrons. The number of allylic oxidation sites excluding steroid dienone is 4. The van der Waals surface area contributed by atoms with Crippen LogP contribution < -0.4 is 0 Å². The maximum Gasteiger partial charge on any atom is -0.0167 e. The van der Waals surface area contributed by atoms with Crippen molar-refractivity contribution >= 4 is 5.57 Å². The topological polar surface area (TPSA) is 0 Å². The van der Waals surface area contributed by atoms with Crippen LogP contribution in [-0.4, -0.2) is 0 Å². The van der Waals surface area contributed by atoms with Gasteiger partial charge in [-0.15, -0.1) is 0 Å². The SMILES string of the molecule is CCCCCCCCCCc1ccc(C2=CCC([C@H]3CC[C@H](CCCCCC)CC3)C=C2)cc1. The molecule has 0 aliphatic heterocycles. The molecule has 0 saturated heterocycles. The lowest BCUT2D eigenvalue weighted by atomic mass is 9.72. The van der Waals surface area contributed by atoms with Crippen molar-refractivity contribution in [1.29, 1.82) is 0 Å². The molecule has 0 heteroatoms. The second-order valence-corrected chi connectivity index (χ2v) is 11.5. The van der Waals surface area contributed by atoms with Crippen molar-refractivity contribution < 1.29 is 0 Å². The summed E-state index contributed by atoms with van der Waals surface area (Å²) < 4.78 is 0. The summed E-state index contributed by atoms with van der Waals surface area (Å²) in [5.74, 6) is 2.73. The van der Waals surface area contributed by atoms with Gasteiger partial charge in [0.05, 0.1) is 0 Å². The summed E-state index contributed by atoms with van der Waals surface area (Å²) >= 11 is 0. The quantitative estimate of drug-likeness (QED) is 0.214. The third kappa shape index (κ3) is 9.75. The third-order valence-corrected chi connectivity index (χ3v) is 8.70. The lowest BCUT2D eigenvalue weighted by molar-refractivity contribution is 0.218. The number of hydrogen-bond acceptors (Lipinski definition) is 0. The first-order valence-corrected chi connectivity index (χ1v) is 15.3.